The van der Waals surface area contributed by atoms with E-state index in [0.717, 1.165) is 14.3 Å². The molecule has 0 amide bonds. The van der Waals surface area contributed by atoms with E-state index in [0.29, 0.717) is 0 Å². The molecule has 19 heavy (non-hydrogen) atoms. The van der Waals surface area contributed by atoms with Crippen LogP contribution < -0.4 is 0 Å². The predicted octanol–water partition coefficient (Wildman–Crippen LogP) is 2.24. The van der Waals surface area contributed by atoms with Gasteiger partial charge in [-0.2, -0.15) is 4.31 Å². The Hall–Kier alpha value is -0.920. The van der Waals surface area contributed by atoms with Gasteiger partial charge in [-0.25, -0.2) is 8.42 Å². The summed E-state index contributed by atoms with van der Waals surface area (Å²) < 4.78 is 26.6. The maximum atomic E-state index is 12.4. The number of aliphatic carboxylic acids is 1. The third-order valence-corrected chi connectivity index (χ3v) is 5.51. The maximum Gasteiger partial charge on any atom is 0.318 e. The third kappa shape index (κ3) is 3.77. The van der Waals surface area contributed by atoms with Crippen LogP contribution in [0.15, 0.2) is 27.6 Å². The summed E-state index contributed by atoms with van der Waals surface area (Å²) in [7, 11) is -3.80. The van der Waals surface area contributed by atoms with E-state index in [-0.39, 0.29) is 4.90 Å². The highest BCUT2D eigenvalue weighted by Gasteiger charge is 2.29. The van der Waals surface area contributed by atoms with Gasteiger partial charge in [-0.3, -0.25) is 4.79 Å². The van der Waals surface area contributed by atoms with Crippen molar-refractivity contribution in [3.05, 3.63) is 28.2 Å². The molecule has 106 valence electrons. The number of benzene rings is 1. The molecule has 1 aromatic carbocycles. The number of hydrogen-bond acceptors (Lipinski definition) is 3. The van der Waals surface area contributed by atoms with Gasteiger partial charge in [0.05, 0.1) is 4.90 Å². The topological polar surface area (TPSA) is 74.7 Å². The lowest BCUT2D eigenvalue weighted by Crippen LogP contribution is -2.40. The lowest BCUT2D eigenvalue weighted by molar-refractivity contribution is -0.137. The number of carboxylic acids is 1. The standard InChI is InChI=1S/C12H16BrNO4S/c1-8(2)14(7-12(15)16)19(17,18)10-4-5-11(13)9(3)6-10/h4-6,8H,7H2,1-3H3,(H,15,16). The maximum absolute atomic E-state index is 12.4. The Morgan fingerprint density at radius 3 is 2.42 bits per heavy atom. The van der Waals surface area contributed by atoms with E-state index in [2.05, 4.69) is 15.9 Å². The Morgan fingerprint density at radius 2 is 2.00 bits per heavy atom. The number of nitrogens with zero attached hydrogens (tertiary/aromatic N) is 1. The van der Waals surface area contributed by atoms with Crippen LogP contribution in [0, 0.1) is 6.92 Å². The molecule has 1 rings (SSSR count). The zero-order chi connectivity index (χ0) is 14.8. The second-order valence-corrected chi connectivity index (χ2v) is 7.19. The van der Waals surface area contributed by atoms with Gasteiger partial charge in [0.25, 0.3) is 0 Å². The molecule has 0 aliphatic carbocycles. The minimum absolute atomic E-state index is 0.100. The van der Waals surface area contributed by atoms with Crippen LogP contribution in [0.4, 0.5) is 0 Å². The van der Waals surface area contributed by atoms with Crippen LogP contribution in [-0.4, -0.2) is 36.4 Å². The molecule has 0 radical (unpaired) electrons. The van der Waals surface area contributed by atoms with E-state index in [9.17, 15) is 13.2 Å². The van der Waals surface area contributed by atoms with Crippen LogP contribution in [0.2, 0.25) is 0 Å². The van der Waals surface area contributed by atoms with Gasteiger partial charge in [0.1, 0.15) is 6.54 Å². The SMILES string of the molecule is Cc1cc(S(=O)(=O)N(CC(=O)O)C(C)C)ccc1Br. The molecule has 0 saturated carbocycles. The molecule has 0 spiro atoms. The van der Waals surface area contributed by atoms with Crippen molar-refractivity contribution < 1.29 is 18.3 Å². The van der Waals surface area contributed by atoms with E-state index in [1.54, 1.807) is 26.8 Å². The molecule has 1 aromatic rings. The Labute approximate surface area is 121 Å². The number of carbonyl (C=O) groups is 1. The van der Waals surface area contributed by atoms with Crippen molar-refractivity contribution in [3.8, 4) is 0 Å². The zero-order valence-corrected chi connectivity index (χ0v) is 13.3. The van der Waals surface area contributed by atoms with Crippen LogP contribution in [0.25, 0.3) is 0 Å². The quantitative estimate of drug-likeness (QED) is 0.884. The first kappa shape index (κ1) is 16.1. The second kappa shape index (κ2) is 6.02. The van der Waals surface area contributed by atoms with Crippen molar-refractivity contribution in [1.82, 2.24) is 4.31 Å². The van der Waals surface area contributed by atoms with Gasteiger partial charge in [0.15, 0.2) is 0 Å². The molecule has 0 saturated heterocycles. The fourth-order valence-electron chi connectivity index (χ4n) is 1.59. The second-order valence-electron chi connectivity index (χ2n) is 4.45. The van der Waals surface area contributed by atoms with E-state index in [1.807, 2.05) is 0 Å². The fourth-order valence-corrected chi connectivity index (χ4v) is 3.51. The van der Waals surface area contributed by atoms with Crippen LogP contribution in [0.5, 0.6) is 0 Å². The first-order valence-electron chi connectivity index (χ1n) is 5.66. The number of hydrogen-bond donors (Lipinski definition) is 1. The van der Waals surface area contributed by atoms with E-state index >= 15 is 0 Å². The summed E-state index contributed by atoms with van der Waals surface area (Å²) in [5.41, 5.74) is 0.778. The van der Waals surface area contributed by atoms with Crippen LogP contribution >= 0.6 is 15.9 Å². The molecule has 1 N–H and O–H groups in total. The molecule has 0 atom stereocenters. The van der Waals surface area contributed by atoms with Gasteiger partial charge in [-0.15, -0.1) is 0 Å². The first-order valence-corrected chi connectivity index (χ1v) is 7.89. The van der Waals surface area contributed by atoms with E-state index in [1.165, 1.54) is 12.1 Å². The van der Waals surface area contributed by atoms with E-state index < -0.39 is 28.6 Å². The minimum Gasteiger partial charge on any atom is -0.480 e. The van der Waals surface area contributed by atoms with Crippen molar-refractivity contribution in [3.63, 3.8) is 0 Å². The molecule has 0 aromatic heterocycles. The van der Waals surface area contributed by atoms with Crippen molar-refractivity contribution in [2.45, 2.75) is 31.7 Å². The van der Waals surface area contributed by atoms with Gasteiger partial charge in [0.2, 0.25) is 10.0 Å². The number of halogens is 1. The predicted molar refractivity (Wildman–Crippen MR) is 75.5 cm³/mol. The normalized spacial score (nSPS) is 12.1. The minimum atomic E-state index is -3.80. The fraction of sp³-hybridized carbons (Fsp3) is 0.417. The van der Waals surface area contributed by atoms with Gasteiger partial charge in [0, 0.05) is 10.5 Å². The summed E-state index contributed by atoms with van der Waals surface area (Å²) in [6.45, 7) is 4.52. The molecule has 0 aliphatic heterocycles. The monoisotopic (exact) mass is 349 g/mol. The highest BCUT2D eigenvalue weighted by Crippen LogP contribution is 2.23. The lowest BCUT2D eigenvalue weighted by atomic mass is 10.2. The summed E-state index contributed by atoms with van der Waals surface area (Å²) in [6, 6.07) is 4.20. The lowest BCUT2D eigenvalue weighted by Gasteiger charge is -2.24. The van der Waals surface area contributed by atoms with Gasteiger partial charge >= 0.3 is 5.97 Å². The Kier molecular flexibility index (Phi) is 5.11. The van der Waals surface area contributed by atoms with Gasteiger partial charge < -0.3 is 5.11 Å². The highest BCUT2D eigenvalue weighted by molar-refractivity contribution is 9.10. The van der Waals surface area contributed by atoms with Gasteiger partial charge in [-0.05, 0) is 44.5 Å². The summed E-state index contributed by atoms with van der Waals surface area (Å²) in [5.74, 6) is -1.17. The van der Waals surface area contributed by atoms with Crippen LogP contribution in [0.3, 0.4) is 0 Å². The summed E-state index contributed by atoms with van der Waals surface area (Å²) in [6.07, 6.45) is 0. The molecule has 0 fully saturated rings. The van der Waals surface area contributed by atoms with Crippen molar-refractivity contribution in [2.75, 3.05) is 6.54 Å². The molecule has 0 bridgehead atoms. The Balaban J connectivity index is 3.26. The molecule has 0 heterocycles. The summed E-state index contributed by atoms with van der Waals surface area (Å²) >= 11 is 3.30. The Morgan fingerprint density at radius 1 is 1.42 bits per heavy atom. The van der Waals surface area contributed by atoms with Crippen molar-refractivity contribution >= 4 is 31.9 Å². The van der Waals surface area contributed by atoms with Crippen molar-refractivity contribution in [1.29, 1.82) is 0 Å². The number of sulfonamides is 1. The third-order valence-electron chi connectivity index (χ3n) is 2.60. The molecule has 7 heteroatoms. The Bertz CT molecular complexity index is 583. The number of carboxylic acid groups (broad SMARTS) is 1. The molecule has 0 unspecified atom stereocenters. The van der Waals surface area contributed by atoms with Crippen molar-refractivity contribution in [2.24, 2.45) is 0 Å². The number of rotatable bonds is 5. The number of aryl methyl sites for hydroxylation is 1. The van der Waals surface area contributed by atoms with Gasteiger partial charge in [-0.1, -0.05) is 15.9 Å². The van der Waals surface area contributed by atoms with E-state index in [4.69, 9.17) is 5.11 Å². The average Bonchev–Trinajstić information content (AvgIpc) is 2.28. The summed E-state index contributed by atoms with van der Waals surface area (Å²) in [4.78, 5) is 10.9. The average molecular weight is 350 g/mol. The van der Waals surface area contributed by atoms with Crippen LogP contribution in [0.1, 0.15) is 19.4 Å². The summed E-state index contributed by atoms with van der Waals surface area (Å²) in [5, 5.41) is 8.83. The molecular formula is C12H16BrNO4S. The zero-order valence-electron chi connectivity index (χ0n) is 10.9. The molecule has 5 nitrogen and oxygen atoms in total. The smallest absolute Gasteiger partial charge is 0.318 e. The molecular weight excluding hydrogens is 334 g/mol. The highest BCUT2D eigenvalue weighted by atomic mass is 79.9. The first-order chi connectivity index (χ1) is 8.66. The largest absolute Gasteiger partial charge is 0.480 e. The molecule has 0 aliphatic rings. The van der Waals surface area contributed by atoms with Crippen LogP contribution in [-0.2, 0) is 14.8 Å².